The van der Waals surface area contributed by atoms with Crippen LogP contribution < -0.4 is 0 Å². The lowest BCUT2D eigenvalue weighted by Crippen LogP contribution is -2.10. The number of fused-ring (bicyclic) bond motifs is 1. The molecule has 1 aromatic heterocycles. The van der Waals surface area contributed by atoms with Crippen molar-refractivity contribution in [1.82, 2.24) is 4.98 Å². The molecule has 0 radical (unpaired) electrons. The van der Waals surface area contributed by atoms with E-state index in [9.17, 15) is 9.59 Å². The van der Waals surface area contributed by atoms with Gasteiger partial charge in [-0.05, 0) is 24.1 Å². The minimum absolute atomic E-state index is 0.0302. The summed E-state index contributed by atoms with van der Waals surface area (Å²) in [4.78, 5) is 25.8. The minimum Gasteiger partial charge on any atom is -0.481 e. The lowest BCUT2D eigenvalue weighted by Gasteiger charge is -2.06. The molecule has 1 unspecified atom stereocenters. The third kappa shape index (κ3) is 2.86. The summed E-state index contributed by atoms with van der Waals surface area (Å²) in [5, 5.41) is 18.3. The second kappa shape index (κ2) is 5.57. The number of nitriles is 1. The maximum Gasteiger partial charge on any atom is 0.303 e. The quantitative estimate of drug-likeness (QED) is 0.817. The van der Waals surface area contributed by atoms with Crippen molar-refractivity contribution in [3.8, 4) is 6.07 Å². The fourth-order valence-electron chi connectivity index (χ4n) is 2.22. The Kier molecular flexibility index (Phi) is 3.85. The number of ketones is 1. The molecule has 20 heavy (non-hydrogen) atoms. The molecule has 0 amide bonds. The third-order valence-electron chi connectivity index (χ3n) is 3.17. The second-order valence-corrected chi connectivity index (χ2v) is 4.90. The van der Waals surface area contributed by atoms with Gasteiger partial charge in [-0.25, -0.2) is 0 Å². The normalized spacial score (nSPS) is 12.0. The van der Waals surface area contributed by atoms with Gasteiger partial charge in [0.2, 0.25) is 0 Å². The van der Waals surface area contributed by atoms with E-state index in [0.29, 0.717) is 16.5 Å². The van der Waals surface area contributed by atoms with Gasteiger partial charge in [-0.1, -0.05) is 6.92 Å². The van der Waals surface area contributed by atoms with Gasteiger partial charge in [0.1, 0.15) is 0 Å². The molecular formula is C15H14N2O3. The number of carboxylic acids is 1. The van der Waals surface area contributed by atoms with Crippen molar-refractivity contribution in [2.45, 2.75) is 19.8 Å². The first kappa shape index (κ1) is 13.8. The van der Waals surface area contributed by atoms with Crippen molar-refractivity contribution in [1.29, 1.82) is 5.26 Å². The molecule has 1 aromatic carbocycles. The molecule has 0 spiro atoms. The van der Waals surface area contributed by atoms with Gasteiger partial charge in [-0.15, -0.1) is 0 Å². The van der Waals surface area contributed by atoms with Crippen LogP contribution in [0.5, 0.6) is 0 Å². The molecular weight excluding hydrogens is 256 g/mol. The van der Waals surface area contributed by atoms with Crippen LogP contribution >= 0.6 is 0 Å². The van der Waals surface area contributed by atoms with Gasteiger partial charge in [0.05, 0.1) is 11.6 Å². The van der Waals surface area contributed by atoms with E-state index in [1.165, 1.54) is 0 Å². The molecule has 2 rings (SSSR count). The fourth-order valence-corrected chi connectivity index (χ4v) is 2.22. The highest BCUT2D eigenvalue weighted by molar-refractivity contribution is 6.08. The Labute approximate surface area is 115 Å². The van der Waals surface area contributed by atoms with Crippen LogP contribution in [0.15, 0.2) is 24.4 Å². The molecule has 1 atom stereocenters. The Hall–Kier alpha value is -2.61. The topological polar surface area (TPSA) is 93.9 Å². The number of hydrogen-bond acceptors (Lipinski definition) is 3. The van der Waals surface area contributed by atoms with E-state index in [2.05, 4.69) is 4.98 Å². The highest BCUT2D eigenvalue weighted by Gasteiger charge is 2.17. The monoisotopic (exact) mass is 270 g/mol. The van der Waals surface area contributed by atoms with Gasteiger partial charge < -0.3 is 10.1 Å². The van der Waals surface area contributed by atoms with Crippen LogP contribution in [0.4, 0.5) is 0 Å². The molecule has 0 aliphatic rings. The number of rotatable bonds is 5. The molecule has 0 bridgehead atoms. The van der Waals surface area contributed by atoms with Crippen molar-refractivity contribution < 1.29 is 14.7 Å². The summed E-state index contributed by atoms with van der Waals surface area (Å²) in [5.74, 6) is -1.24. The summed E-state index contributed by atoms with van der Waals surface area (Å²) < 4.78 is 0. The van der Waals surface area contributed by atoms with Crippen LogP contribution in [0.1, 0.15) is 35.7 Å². The molecule has 2 N–H and O–H groups in total. The van der Waals surface area contributed by atoms with Crippen molar-refractivity contribution in [2.24, 2.45) is 5.92 Å². The second-order valence-electron chi connectivity index (χ2n) is 4.90. The van der Waals surface area contributed by atoms with Gasteiger partial charge in [0, 0.05) is 35.5 Å². The summed E-state index contributed by atoms with van der Waals surface area (Å²) in [6, 6.07) is 7.14. The Morgan fingerprint density at radius 2 is 2.15 bits per heavy atom. The molecule has 0 fully saturated rings. The summed E-state index contributed by atoms with van der Waals surface area (Å²) >= 11 is 0. The number of hydrogen-bond donors (Lipinski definition) is 2. The molecule has 5 nitrogen and oxygen atoms in total. The van der Waals surface area contributed by atoms with Crippen molar-refractivity contribution in [3.05, 3.63) is 35.5 Å². The number of aromatic amines is 1. The predicted octanol–water partition coefficient (Wildman–Crippen LogP) is 2.72. The number of carbonyl (C=O) groups is 2. The van der Waals surface area contributed by atoms with E-state index in [4.69, 9.17) is 10.4 Å². The number of benzene rings is 1. The number of carbonyl (C=O) groups excluding carboxylic acids is 1. The first-order valence-corrected chi connectivity index (χ1v) is 6.27. The van der Waals surface area contributed by atoms with Crippen molar-refractivity contribution >= 4 is 22.7 Å². The molecule has 5 heteroatoms. The largest absolute Gasteiger partial charge is 0.481 e. The number of carboxylic acid groups (broad SMARTS) is 1. The van der Waals surface area contributed by atoms with E-state index >= 15 is 0 Å². The Balaban J connectivity index is 2.26. The van der Waals surface area contributed by atoms with Crippen LogP contribution in [0.2, 0.25) is 0 Å². The smallest absolute Gasteiger partial charge is 0.303 e. The molecule has 0 saturated heterocycles. The first-order chi connectivity index (χ1) is 9.51. The zero-order valence-electron chi connectivity index (χ0n) is 11.0. The average Bonchev–Trinajstić information content (AvgIpc) is 2.80. The summed E-state index contributed by atoms with van der Waals surface area (Å²) in [6.07, 6.45) is 1.76. The number of nitrogens with one attached hydrogen (secondary N) is 1. The molecule has 0 aliphatic heterocycles. The predicted molar refractivity (Wildman–Crippen MR) is 73.4 cm³/mol. The highest BCUT2D eigenvalue weighted by Crippen LogP contribution is 2.22. The van der Waals surface area contributed by atoms with Gasteiger partial charge in [0.25, 0.3) is 0 Å². The Morgan fingerprint density at radius 3 is 2.80 bits per heavy atom. The lowest BCUT2D eigenvalue weighted by molar-refractivity contribution is -0.137. The third-order valence-corrected chi connectivity index (χ3v) is 3.17. The van der Waals surface area contributed by atoms with Crippen molar-refractivity contribution in [2.75, 3.05) is 0 Å². The molecule has 2 aromatic rings. The maximum atomic E-state index is 12.2. The number of nitrogens with zero attached hydrogens (tertiary/aromatic N) is 1. The Bertz CT molecular complexity index is 709. The molecule has 102 valence electrons. The van der Waals surface area contributed by atoms with E-state index in [1.807, 2.05) is 6.07 Å². The van der Waals surface area contributed by atoms with Crippen LogP contribution in [0.3, 0.4) is 0 Å². The standard InChI is InChI=1S/C15H14N2O3/c1-9(5-15(19)20)4-14(18)12-8-17-13-3-2-10(7-16)6-11(12)13/h2-3,6,8-9,17H,4-5H2,1H3,(H,19,20). The number of aliphatic carboxylic acids is 1. The summed E-state index contributed by atoms with van der Waals surface area (Å²) in [6.45, 7) is 1.74. The van der Waals surface area contributed by atoms with E-state index in [1.54, 1.807) is 31.3 Å². The molecule has 1 heterocycles. The number of Topliss-reactive ketones (excluding diaryl/α,β-unsaturated/α-hetero) is 1. The zero-order valence-corrected chi connectivity index (χ0v) is 11.0. The van der Waals surface area contributed by atoms with Crippen LogP contribution in [-0.2, 0) is 4.79 Å². The van der Waals surface area contributed by atoms with Crippen LogP contribution in [0.25, 0.3) is 10.9 Å². The molecule has 0 aliphatic carbocycles. The van der Waals surface area contributed by atoms with Gasteiger partial charge in [0.15, 0.2) is 5.78 Å². The Morgan fingerprint density at radius 1 is 1.40 bits per heavy atom. The number of aromatic nitrogens is 1. The van der Waals surface area contributed by atoms with E-state index < -0.39 is 5.97 Å². The fraction of sp³-hybridized carbons (Fsp3) is 0.267. The van der Waals surface area contributed by atoms with E-state index in [-0.39, 0.29) is 24.5 Å². The lowest BCUT2D eigenvalue weighted by atomic mass is 9.96. The highest BCUT2D eigenvalue weighted by atomic mass is 16.4. The average molecular weight is 270 g/mol. The summed E-state index contributed by atoms with van der Waals surface area (Å²) in [7, 11) is 0. The van der Waals surface area contributed by atoms with Crippen molar-refractivity contribution in [3.63, 3.8) is 0 Å². The van der Waals surface area contributed by atoms with Gasteiger partial charge >= 0.3 is 5.97 Å². The molecule has 0 saturated carbocycles. The van der Waals surface area contributed by atoms with Gasteiger partial charge in [-0.2, -0.15) is 5.26 Å². The first-order valence-electron chi connectivity index (χ1n) is 6.27. The number of H-pyrrole nitrogens is 1. The maximum absolute atomic E-state index is 12.2. The van der Waals surface area contributed by atoms with Crippen LogP contribution in [-0.4, -0.2) is 21.8 Å². The van der Waals surface area contributed by atoms with Gasteiger partial charge in [-0.3, -0.25) is 9.59 Å². The zero-order chi connectivity index (χ0) is 14.7. The van der Waals surface area contributed by atoms with Crippen LogP contribution in [0, 0.1) is 17.2 Å². The SMILES string of the molecule is CC(CC(=O)O)CC(=O)c1c[nH]c2ccc(C#N)cc12. The minimum atomic E-state index is -0.906. The summed E-state index contributed by atoms with van der Waals surface area (Å²) in [5.41, 5.74) is 1.79. The van der Waals surface area contributed by atoms with E-state index in [0.717, 1.165) is 5.52 Å².